The molecule has 5 rings (SSSR count). The normalized spacial score (nSPS) is 34.4. The monoisotopic (exact) mass is 405 g/mol. The van der Waals surface area contributed by atoms with Crippen LogP contribution in [-0.4, -0.2) is 30.4 Å². The van der Waals surface area contributed by atoms with Crippen molar-refractivity contribution in [2.75, 3.05) is 13.2 Å². The van der Waals surface area contributed by atoms with Gasteiger partial charge in [-0.15, -0.1) is 0 Å². The summed E-state index contributed by atoms with van der Waals surface area (Å²) in [4.78, 5) is 0. The van der Waals surface area contributed by atoms with Crippen LogP contribution in [0.25, 0.3) is 0 Å². The van der Waals surface area contributed by atoms with Gasteiger partial charge in [0.25, 0.3) is 0 Å². The predicted octanol–water partition coefficient (Wildman–Crippen LogP) is 5.36. The first-order valence-corrected chi connectivity index (χ1v) is 11.6. The smallest absolute Gasteiger partial charge is 0.0898 e. The first-order valence-electron chi connectivity index (χ1n) is 11.3. The molecule has 3 nitrogen and oxygen atoms in total. The van der Waals surface area contributed by atoms with Gasteiger partial charge < -0.3 is 15.2 Å². The van der Waals surface area contributed by atoms with Crippen LogP contribution in [-0.2, 0) is 4.74 Å². The average molecular weight is 406 g/mol. The standard InChI is InChI=1S/C24H36ClNO2/c1-3-23(24-11-17-8-18(12-24)10-19(9-17)13-24)26-14-22(27)15-28-16(2)20-4-6-21(25)7-5-20/h4-7,16-19,22-23,26-27H,3,8-15H2,1-2H3/t16-,17?,18?,19?,22-,23-,24?/m0/s1. The number of benzene rings is 1. The largest absolute Gasteiger partial charge is 0.389 e. The lowest BCUT2D eigenvalue weighted by atomic mass is 9.47. The third-order valence-electron chi connectivity index (χ3n) is 7.71. The Bertz CT molecular complexity index is 611. The topological polar surface area (TPSA) is 41.5 Å². The average Bonchev–Trinajstić information content (AvgIpc) is 2.66. The number of ether oxygens (including phenoxy) is 1. The molecule has 3 atom stereocenters. The maximum absolute atomic E-state index is 10.5. The van der Waals surface area contributed by atoms with Crippen molar-refractivity contribution in [2.24, 2.45) is 23.2 Å². The minimum absolute atomic E-state index is 0.0444. The first-order chi connectivity index (χ1) is 13.5. The molecule has 4 saturated carbocycles. The Morgan fingerprint density at radius 2 is 1.68 bits per heavy atom. The second-order valence-corrected chi connectivity index (χ2v) is 10.3. The van der Waals surface area contributed by atoms with Crippen LogP contribution in [0.3, 0.4) is 0 Å². The molecule has 0 aromatic heterocycles. The molecular weight excluding hydrogens is 370 g/mol. The highest BCUT2D eigenvalue weighted by Crippen LogP contribution is 2.61. The Morgan fingerprint density at radius 1 is 1.11 bits per heavy atom. The van der Waals surface area contributed by atoms with E-state index in [4.69, 9.17) is 16.3 Å². The van der Waals surface area contributed by atoms with Gasteiger partial charge in [0.05, 0.1) is 18.8 Å². The van der Waals surface area contributed by atoms with Gasteiger partial charge in [0.1, 0.15) is 0 Å². The maximum Gasteiger partial charge on any atom is 0.0898 e. The van der Waals surface area contributed by atoms with Gasteiger partial charge in [-0.1, -0.05) is 30.7 Å². The molecule has 1 aromatic rings. The Labute approximate surface area is 175 Å². The molecule has 0 radical (unpaired) electrons. The van der Waals surface area contributed by atoms with Crippen LogP contribution in [0.5, 0.6) is 0 Å². The van der Waals surface area contributed by atoms with E-state index in [0.717, 1.165) is 34.8 Å². The molecule has 0 amide bonds. The fraction of sp³-hybridized carbons (Fsp3) is 0.750. The zero-order chi connectivity index (χ0) is 19.7. The lowest BCUT2D eigenvalue weighted by Crippen LogP contribution is -2.56. The third kappa shape index (κ3) is 4.43. The van der Waals surface area contributed by atoms with Crippen molar-refractivity contribution in [3.8, 4) is 0 Å². The molecule has 4 aliphatic carbocycles. The summed E-state index contributed by atoms with van der Waals surface area (Å²) in [6, 6.07) is 8.26. The van der Waals surface area contributed by atoms with Crippen LogP contribution in [0, 0.1) is 23.2 Å². The number of hydrogen-bond acceptors (Lipinski definition) is 3. The van der Waals surface area contributed by atoms with Gasteiger partial charge >= 0.3 is 0 Å². The lowest BCUT2D eigenvalue weighted by Gasteiger charge is -2.59. The predicted molar refractivity (Wildman–Crippen MR) is 115 cm³/mol. The van der Waals surface area contributed by atoms with Crippen LogP contribution in [0.4, 0.5) is 0 Å². The summed E-state index contributed by atoms with van der Waals surface area (Å²) in [6.07, 6.45) is 9.30. The molecule has 4 fully saturated rings. The zero-order valence-corrected chi connectivity index (χ0v) is 18.1. The molecule has 4 aliphatic rings. The van der Waals surface area contributed by atoms with Crippen molar-refractivity contribution in [3.05, 3.63) is 34.9 Å². The van der Waals surface area contributed by atoms with Gasteiger partial charge in [0.15, 0.2) is 0 Å². The molecule has 156 valence electrons. The molecule has 0 aliphatic heterocycles. The molecular formula is C24H36ClNO2. The highest BCUT2D eigenvalue weighted by Gasteiger charge is 2.53. The highest BCUT2D eigenvalue weighted by atomic mass is 35.5. The molecule has 4 heteroatoms. The molecule has 1 aromatic carbocycles. The minimum atomic E-state index is -0.474. The van der Waals surface area contributed by atoms with E-state index in [9.17, 15) is 5.11 Å². The Kier molecular flexibility index (Phi) is 6.37. The molecule has 0 spiro atoms. The summed E-state index contributed by atoms with van der Waals surface area (Å²) in [6.45, 7) is 5.30. The number of aliphatic hydroxyl groups is 1. The fourth-order valence-corrected chi connectivity index (χ4v) is 6.95. The van der Waals surface area contributed by atoms with E-state index >= 15 is 0 Å². The maximum atomic E-state index is 10.5. The Hall–Kier alpha value is -0.610. The van der Waals surface area contributed by atoms with Gasteiger partial charge in [-0.25, -0.2) is 0 Å². The van der Waals surface area contributed by atoms with Gasteiger partial charge in [0, 0.05) is 17.6 Å². The quantitative estimate of drug-likeness (QED) is 0.580. The SMILES string of the molecule is CC[C@H](NC[C@H](O)CO[C@@H](C)c1ccc(Cl)cc1)C12CC3CC(CC(C3)C1)C2. The van der Waals surface area contributed by atoms with Crippen LogP contribution in [0.15, 0.2) is 24.3 Å². The summed E-state index contributed by atoms with van der Waals surface area (Å²) < 4.78 is 5.91. The van der Waals surface area contributed by atoms with E-state index in [1.54, 1.807) is 0 Å². The Morgan fingerprint density at radius 3 is 2.21 bits per heavy atom. The number of hydrogen-bond donors (Lipinski definition) is 2. The third-order valence-corrected chi connectivity index (χ3v) is 7.96. The van der Waals surface area contributed by atoms with Crippen molar-refractivity contribution >= 4 is 11.6 Å². The summed E-state index contributed by atoms with van der Waals surface area (Å²) in [7, 11) is 0. The van der Waals surface area contributed by atoms with E-state index in [1.807, 2.05) is 31.2 Å². The Balaban J connectivity index is 1.26. The molecule has 0 unspecified atom stereocenters. The summed E-state index contributed by atoms with van der Waals surface area (Å²) in [5.41, 5.74) is 1.57. The van der Waals surface area contributed by atoms with E-state index in [0.29, 0.717) is 24.6 Å². The second-order valence-electron chi connectivity index (χ2n) is 9.83. The number of nitrogens with one attached hydrogen (secondary N) is 1. The van der Waals surface area contributed by atoms with Crippen molar-refractivity contribution < 1.29 is 9.84 Å². The summed E-state index contributed by atoms with van der Waals surface area (Å²) in [5, 5.41) is 15.0. The molecule has 28 heavy (non-hydrogen) atoms. The van der Waals surface area contributed by atoms with Gasteiger partial charge in [0.2, 0.25) is 0 Å². The van der Waals surface area contributed by atoms with Crippen molar-refractivity contribution in [3.63, 3.8) is 0 Å². The van der Waals surface area contributed by atoms with Gasteiger partial charge in [-0.05, 0) is 92.7 Å². The summed E-state index contributed by atoms with van der Waals surface area (Å²) in [5.74, 6) is 2.90. The second kappa shape index (κ2) is 8.63. The van der Waals surface area contributed by atoms with E-state index in [2.05, 4.69) is 12.2 Å². The number of aliphatic hydroxyl groups excluding tert-OH is 1. The van der Waals surface area contributed by atoms with Crippen molar-refractivity contribution in [2.45, 2.75) is 77.0 Å². The highest BCUT2D eigenvalue weighted by molar-refractivity contribution is 6.30. The molecule has 4 bridgehead atoms. The van der Waals surface area contributed by atoms with Crippen LogP contribution in [0.2, 0.25) is 5.02 Å². The zero-order valence-electron chi connectivity index (χ0n) is 17.4. The van der Waals surface area contributed by atoms with E-state index < -0.39 is 6.10 Å². The fourth-order valence-electron chi connectivity index (χ4n) is 6.82. The molecule has 2 N–H and O–H groups in total. The van der Waals surface area contributed by atoms with Crippen LogP contribution < -0.4 is 5.32 Å². The molecule has 0 heterocycles. The van der Waals surface area contributed by atoms with E-state index in [1.165, 1.54) is 38.5 Å². The lowest BCUT2D eigenvalue weighted by molar-refractivity contribution is -0.0773. The van der Waals surface area contributed by atoms with E-state index in [-0.39, 0.29) is 6.10 Å². The van der Waals surface area contributed by atoms with Gasteiger partial charge in [-0.2, -0.15) is 0 Å². The van der Waals surface area contributed by atoms with Crippen molar-refractivity contribution in [1.82, 2.24) is 5.32 Å². The van der Waals surface area contributed by atoms with Crippen LogP contribution >= 0.6 is 11.6 Å². The summed E-state index contributed by atoms with van der Waals surface area (Å²) >= 11 is 5.95. The number of rotatable bonds is 9. The van der Waals surface area contributed by atoms with Crippen molar-refractivity contribution in [1.29, 1.82) is 0 Å². The first kappa shape index (κ1) is 20.7. The van der Waals surface area contributed by atoms with Gasteiger partial charge in [-0.3, -0.25) is 0 Å². The molecule has 0 saturated heterocycles. The van der Waals surface area contributed by atoms with Crippen LogP contribution in [0.1, 0.15) is 70.5 Å². The number of halogens is 1. The minimum Gasteiger partial charge on any atom is -0.389 e.